The average Bonchev–Trinajstić information content (AvgIpc) is 2.57. The summed E-state index contributed by atoms with van der Waals surface area (Å²) in [5, 5.41) is 24.9. The molecule has 0 aromatic carbocycles. The van der Waals surface area contributed by atoms with Crippen LogP contribution >= 0.6 is 0 Å². The van der Waals surface area contributed by atoms with Gasteiger partial charge in [0.2, 0.25) is 0 Å². The second kappa shape index (κ2) is 7.95. The van der Waals surface area contributed by atoms with Crippen LogP contribution in [0.5, 0.6) is 0 Å². The first-order valence-corrected chi connectivity index (χ1v) is 12.7. The van der Waals surface area contributed by atoms with Crippen LogP contribution in [0.2, 0.25) is 0 Å². The van der Waals surface area contributed by atoms with Gasteiger partial charge in [0.15, 0.2) is 0 Å². The summed E-state index contributed by atoms with van der Waals surface area (Å²) >= 11 is 0. The van der Waals surface area contributed by atoms with Gasteiger partial charge in [0.1, 0.15) is 0 Å². The molecule has 2 N–H and O–H groups in total. The Balaban J connectivity index is 2.74. The molecule has 0 saturated heterocycles. The van der Waals surface area contributed by atoms with Gasteiger partial charge in [0, 0.05) is 18.3 Å². The van der Waals surface area contributed by atoms with Gasteiger partial charge in [-0.15, -0.1) is 0 Å². The van der Waals surface area contributed by atoms with Crippen LogP contribution in [0.1, 0.15) is 110 Å². The second-order valence-electron chi connectivity index (χ2n) is 15.4. The molecule has 2 heteroatoms. The van der Waals surface area contributed by atoms with Gasteiger partial charge in [0.25, 0.3) is 0 Å². The third-order valence-corrected chi connectivity index (χ3v) is 8.19. The number of hydrogen-bond acceptors (Lipinski definition) is 2. The van der Waals surface area contributed by atoms with Gasteiger partial charge in [0.05, 0.1) is 11.2 Å². The zero-order chi connectivity index (χ0) is 26.1. The van der Waals surface area contributed by atoms with Crippen LogP contribution in [0.15, 0.2) is 46.6 Å². The molecule has 2 aliphatic rings. The summed E-state index contributed by atoms with van der Waals surface area (Å²) in [5.74, 6) is 0. The Morgan fingerprint density at radius 1 is 0.515 bits per heavy atom. The lowest BCUT2D eigenvalue weighted by Crippen LogP contribution is -2.59. The smallest absolute Gasteiger partial charge is 0.0952 e. The van der Waals surface area contributed by atoms with E-state index in [-0.39, 0.29) is 21.7 Å². The Bertz CT molecular complexity index is 821. The third-order valence-electron chi connectivity index (χ3n) is 8.19. The predicted molar refractivity (Wildman–Crippen MR) is 143 cm³/mol. The van der Waals surface area contributed by atoms with Crippen molar-refractivity contribution in [3.63, 3.8) is 0 Å². The summed E-state index contributed by atoms with van der Waals surface area (Å²) in [5.41, 5.74) is 1.25. The minimum absolute atomic E-state index is 0.0626. The van der Waals surface area contributed by atoms with Gasteiger partial charge in [-0.2, -0.15) is 0 Å². The molecule has 33 heavy (non-hydrogen) atoms. The minimum Gasteiger partial charge on any atom is -0.385 e. The molecular formula is C31H52O2. The van der Waals surface area contributed by atoms with E-state index in [4.69, 9.17) is 0 Å². The standard InChI is InChI=1S/C31H52O2/c1-25(2,3)21-15-22(26(4,5)6)18-30(32,17-21)29(13,14)31(33)19-23(27(7,8)9)16-24(20-31)28(10,11)12/h15-17,19,32-33H,18,20H2,1-14H3. The molecule has 2 unspecified atom stereocenters. The predicted octanol–water partition coefficient (Wildman–Crippen LogP) is 8.17. The maximum atomic E-state index is 12.4. The van der Waals surface area contributed by atoms with Crippen LogP contribution in [0.25, 0.3) is 0 Å². The van der Waals surface area contributed by atoms with E-state index < -0.39 is 16.6 Å². The van der Waals surface area contributed by atoms with E-state index in [9.17, 15) is 10.2 Å². The van der Waals surface area contributed by atoms with Crippen molar-refractivity contribution in [3.8, 4) is 0 Å². The monoisotopic (exact) mass is 456 g/mol. The molecule has 0 spiro atoms. The molecule has 0 heterocycles. The molecule has 0 aliphatic heterocycles. The fourth-order valence-corrected chi connectivity index (χ4v) is 4.77. The van der Waals surface area contributed by atoms with Gasteiger partial charge >= 0.3 is 0 Å². The van der Waals surface area contributed by atoms with Crippen molar-refractivity contribution in [1.29, 1.82) is 0 Å². The molecule has 0 bridgehead atoms. The molecule has 0 fully saturated rings. The van der Waals surface area contributed by atoms with Gasteiger partial charge in [-0.1, -0.05) is 120 Å². The Morgan fingerprint density at radius 2 is 0.788 bits per heavy atom. The molecule has 2 atom stereocenters. The van der Waals surface area contributed by atoms with E-state index >= 15 is 0 Å². The fraction of sp³-hybridized carbons (Fsp3) is 0.742. The van der Waals surface area contributed by atoms with Crippen LogP contribution in [-0.2, 0) is 0 Å². The largest absolute Gasteiger partial charge is 0.385 e. The summed E-state index contributed by atoms with van der Waals surface area (Å²) in [6.45, 7) is 30.6. The van der Waals surface area contributed by atoms with Crippen molar-refractivity contribution in [2.75, 3.05) is 0 Å². The summed E-state index contributed by atoms with van der Waals surface area (Å²) in [7, 11) is 0. The van der Waals surface area contributed by atoms with Crippen LogP contribution in [0, 0.1) is 27.1 Å². The Morgan fingerprint density at radius 3 is 1.00 bits per heavy atom. The topological polar surface area (TPSA) is 40.5 Å². The summed E-state index contributed by atoms with van der Waals surface area (Å²) in [4.78, 5) is 0. The minimum atomic E-state index is -1.18. The lowest BCUT2D eigenvalue weighted by atomic mass is 9.54. The normalized spacial score (nSPS) is 28.1. The highest BCUT2D eigenvalue weighted by Crippen LogP contribution is 2.56. The number of rotatable bonds is 2. The van der Waals surface area contributed by atoms with Crippen LogP contribution < -0.4 is 0 Å². The highest BCUT2D eigenvalue weighted by Gasteiger charge is 2.57. The molecule has 0 aromatic rings. The molecular weight excluding hydrogens is 404 g/mol. The highest BCUT2D eigenvalue weighted by molar-refractivity contribution is 5.45. The SMILES string of the molecule is CC(C)(C)C1=CC(O)(C(C)(C)C2(O)C=C(C(C)(C)C)C=C(C(C)(C)C)C2)CC(C(C)(C)C)=C1. The molecule has 2 rings (SSSR count). The number of aliphatic hydroxyl groups is 2. The number of allylic oxidation sites excluding steroid dienone is 4. The summed E-state index contributed by atoms with van der Waals surface area (Å²) in [6, 6.07) is 0. The zero-order valence-electron chi connectivity index (χ0n) is 24.1. The van der Waals surface area contributed by atoms with Crippen molar-refractivity contribution in [2.24, 2.45) is 27.1 Å². The van der Waals surface area contributed by atoms with Gasteiger partial charge in [-0.25, -0.2) is 0 Å². The van der Waals surface area contributed by atoms with E-state index in [2.05, 4.69) is 121 Å². The van der Waals surface area contributed by atoms with Crippen molar-refractivity contribution >= 4 is 0 Å². The van der Waals surface area contributed by atoms with Crippen LogP contribution in [-0.4, -0.2) is 21.4 Å². The molecule has 0 amide bonds. The van der Waals surface area contributed by atoms with Crippen molar-refractivity contribution < 1.29 is 10.2 Å². The zero-order valence-corrected chi connectivity index (χ0v) is 24.1. The molecule has 0 aromatic heterocycles. The Kier molecular flexibility index (Phi) is 6.78. The summed E-state index contributed by atoms with van der Waals surface area (Å²) in [6.07, 6.45) is 9.73. The average molecular weight is 457 g/mol. The van der Waals surface area contributed by atoms with E-state index in [1.165, 1.54) is 11.1 Å². The highest BCUT2D eigenvalue weighted by atomic mass is 16.3. The van der Waals surface area contributed by atoms with Gasteiger partial charge in [-0.3, -0.25) is 0 Å². The van der Waals surface area contributed by atoms with Gasteiger partial charge in [-0.05, 0) is 45.0 Å². The van der Waals surface area contributed by atoms with Crippen LogP contribution in [0.3, 0.4) is 0 Å². The van der Waals surface area contributed by atoms with E-state index in [0.717, 1.165) is 11.1 Å². The first-order chi connectivity index (χ1) is 14.3. The fourth-order valence-electron chi connectivity index (χ4n) is 4.77. The van der Waals surface area contributed by atoms with E-state index in [0.29, 0.717) is 12.8 Å². The number of hydrogen-bond donors (Lipinski definition) is 2. The van der Waals surface area contributed by atoms with Crippen molar-refractivity contribution in [1.82, 2.24) is 0 Å². The molecule has 188 valence electrons. The van der Waals surface area contributed by atoms with E-state index in [1.54, 1.807) is 0 Å². The van der Waals surface area contributed by atoms with Gasteiger partial charge < -0.3 is 10.2 Å². The second-order valence-corrected chi connectivity index (χ2v) is 15.4. The lowest BCUT2D eigenvalue weighted by molar-refractivity contribution is -0.138. The Hall–Kier alpha value is -1.12. The van der Waals surface area contributed by atoms with Crippen LogP contribution in [0.4, 0.5) is 0 Å². The van der Waals surface area contributed by atoms with Crippen molar-refractivity contribution in [2.45, 2.75) is 121 Å². The first kappa shape index (κ1) is 28.1. The quantitative estimate of drug-likeness (QED) is 0.440. The third kappa shape index (κ3) is 5.43. The molecule has 0 radical (unpaired) electrons. The Labute approximate surface area is 205 Å². The van der Waals surface area contributed by atoms with Crippen molar-refractivity contribution in [3.05, 3.63) is 46.6 Å². The molecule has 2 nitrogen and oxygen atoms in total. The first-order valence-electron chi connectivity index (χ1n) is 12.7. The maximum Gasteiger partial charge on any atom is 0.0952 e. The molecule has 0 saturated carbocycles. The summed E-state index contributed by atoms with van der Waals surface area (Å²) < 4.78 is 0. The van der Waals surface area contributed by atoms with E-state index in [1.807, 2.05) is 0 Å². The maximum absolute atomic E-state index is 12.4. The molecule has 2 aliphatic carbocycles. The lowest BCUT2D eigenvalue weighted by Gasteiger charge is -2.55.